The highest BCUT2D eigenvalue weighted by molar-refractivity contribution is 7.99. The summed E-state index contributed by atoms with van der Waals surface area (Å²) >= 11 is 1.39. The highest BCUT2D eigenvalue weighted by atomic mass is 32.2. The van der Waals surface area contributed by atoms with Crippen molar-refractivity contribution in [2.45, 2.75) is 11.8 Å². The summed E-state index contributed by atoms with van der Waals surface area (Å²) in [6.07, 6.45) is 0. The average Bonchev–Trinajstić information content (AvgIpc) is 2.84. The molecule has 2 aromatic rings. The van der Waals surface area contributed by atoms with Gasteiger partial charge in [0.1, 0.15) is 11.6 Å². The first-order chi connectivity index (χ1) is 8.78. The predicted octanol–water partition coefficient (Wildman–Crippen LogP) is 1.84. The molecular formula is C11H12FN3O2S. The van der Waals surface area contributed by atoms with Crippen LogP contribution in [-0.2, 0) is 6.61 Å². The number of halogens is 1. The van der Waals surface area contributed by atoms with E-state index >= 15 is 0 Å². The third kappa shape index (κ3) is 3.71. The molecule has 5 nitrogen and oxygen atoms in total. The number of hydrogen-bond donors (Lipinski definition) is 1. The maximum atomic E-state index is 12.7. The van der Waals surface area contributed by atoms with Crippen LogP contribution < -0.4 is 10.5 Å². The van der Waals surface area contributed by atoms with E-state index in [-0.39, 0.29) is 12.4 Å². The molecule has 0 aliphatic heterocycles. The Labute approximate surface area is 108 Å². The summed E-state index contributed by atoms with van der Waals surface area (Å²) in [6.45, 7) is 0.705. The van der Waals surface area contributed by atoms with Gasteiger partial charge in [-0.1, -0.05) is 11.8 Å². The van der Waals surface area contributed by atoms with Gasteiger partial charge in [0.15, 0.2) is 6.61 Å². The molecule has 0 saturated carbocycles. The molecule has 1 heterocycles. The average molecular weight is 269 g/mol. The van der Waals surface area contributed by atoms with Crippen molar-refractivity contribution in [1.29, 1.82) is 0 Å². The largest absolute Gasteiger partial charge is 0.484 e. The molecule has 0 radical (unpaired) electrons. The zero-order valence-electron chi connectivity index (χ0n) is 9.51. The molecule has 18 heavy (non-hydrogen) atoms. The first-order valence-electron chi connectivity index (χ1n) is 5.31. The normalized spacial score (nSPS) is 10.6. The van der Waals surface area contributed by atoms with Gasteiger partial charge in [0.05, 0.1) is 0 Å². The van der Waals surface area contributed by atoms with Crippen LogP contribution >= 0.6 is 11.8 Å². The summed E-state index contributed by atoms with van der Waals surface area (Å²) in [5, 5.41) is 8.13. The Bertz CT molecular complexity index is 489. The molecule has 0 bridgehead atoms. The molecule has 0 amide bonds. The number of ether oxygens (including phenoxy) is 1. The minimum absolute atomic E-state index is 0.155. The quantitative estimate of drug-likeness (QED) is 0.806. The SMILES string of the molecule is NCCSc1nnc(COc2ccc(F)cc2)o1. The lowest BCUT2D eigenvalue weighted by Gasteiger charge is -2.01. The summed E-state index contributed by atoms with van der Waals surface area (Å²) in [4.78, 5) is 0. The topological polar surface area (TPSA) is 74.2 Å². The molecule has 0 aliphatic carbocycles. The second-order valence-electron chi connectivity index (χ2n) is 3.34. The van der Waals surface area contributed by atoms with Gasteiger partial charge < -0.3 is 14.9 Å². The second kappa shape index (κ2) is 6.36. The number of aromatic nitrogens is 2. The van der Waals surface area contributed by atoms with E-state index in [1.165, 1.54) is 36.0 Å². The molecule has 2 N–H and O–H groups in total. The predicted molar refractivity (Wildman–Crippen MR) is 64.8 cm³/mol. The van der Waals surface area contributed by atoms with Gasteiger partial charge in [-0.25, -0.2) is 4.39 Å². The van der Waals surface area contributed by atoms with Crippen molar-refractivity contribution in [2.24, 2.45) is 5.73 Å². The highest BCUT2D eigenvalue weighted by Crippen LogP contribution is 2.17. The zero-order chi connectivity index (χ0) is 12.8. The van der Waals surface area contributed by atoms with Crippen molar-refractivity contribution >= 4 is 11.8 Å². The summed E-state index contributed by atoms with van der Waals surface area (Å²) in [6, 6.07) is 5.73. The van der Waals surface area contributed by atoms with Crippen LogP contribution in [0.3, 0.4) is 0 Å². The van der Waals surface area contributed by atoms with Gasteiger partial charge in [-0.15, -0.1) is 10.2 Å². The Morgan fingerprint density at radius 2 is 2.06 bits per heavy atom. The first-order valence-corrected chi connectivity index (χ1v) is 6.30. The maximum absolute atomic E-state index is 12.7. The molecule has 96 valence electrons. The van der Waals surface area contributed by atoms with Crippen LogP contribution in [0.25, 0.3) is 0 Å². The number of rotatable bonds is 6. The second-order valence-corrected chi connectivity index (χ2v) is 4.39. The summed E-state index contributed by atoms with van der Waals surface area (Å²) in [5.41, 5.74) is 5.36. The minimum Gasteiger partial charge on any atom is -0.484 e. The summed E-state index contributed by atoms with van der Waals surface area (Å²) in [5.74, 6) is 1.34. The van der Waals surface area contributed by atoms with E-state index in [0.717, 1.165) is 5.75 Å². The summed E-state index contributed by atoms with van der Waals surface area (Å²) in [7, 11) is 0. The molecule has 7 heteroatoms. The lowest BCUT2D eigenvalue weighted by atomic mass is 10.3. The van der Waals surface area contributed by atoms with Crippen molar-refractivity contribution in [3.63, 3.8) is 0 Å². The zero-order valence-corrected chi connectivity index (χ0v) is 10.3. The standard InChI is InChI=1S/C11H12FN3O2S/c12-8-1-3-9(4-2-8)16-7-10-14-15-11(17-10)18-6-5-13/h1-4H,5-7,13H2. The van der Waals surface area contributed by atoms with Gasteiger partial charge in [0, 0.05) is 12.3 Å². The fraction of sp³-hybridized carbons (Fsp3) is 0.273. The Kier molecular flexibility index (Phi) is 4.54. The number of nitrogens with two attached hydrogens (primary N) is 1. The van der Waals surface area contributed by atoms with Crippen LogP contribution in [0.1, 0.15) is 5.89 Å². The van der Waals surface area contributed by atoms with Crippen LogP contribution in [-0.4, -0.2) is 22.5 Å². The third-order valence-corrected chi connectivity index (χ3v) is 2.82. The van der Waals surface area contributed by atoms with E-state index < -0.39 is 0 Å². The van der Waals surface area contributed by atoms with Crippen molar-refractivity contribution in [3.8, 4) is 5.75 Å². The van der Waals surface area contributed by atoms with Crippen LogP contribution in [0.5, 0.6) is 5.75 Å². The third-order valence-electron chi connectivity index (χ3n) is 1.97. The number of benzene rings is 1. The van der Waals surface area contributed by atoms with Gasteiger partial charge in [-0.2, -0.15) is 0 Å². The Hall–Kier alpha value is -1.60. The van der Waals surface area contributed by atoms with E-state index in [2.05, 4.69) is 10.2 Å². The summed E-state index contributed by atoms with van der Waals surface area (Å²) < 4.78 is 23.3. The van der Waals surface area contributed by atoms with Gasteiger partial charge in [0.25, 0.3) is 11.1 Å². The van der Waals surface area contributed by atoms with Gasteiger partial charge in [-0.3, -0.25) is 0 Å². The van der Waals surface area contributed by atoms with Gasteiger partial charge in [0.2, 0.25) is 0 Å². The number of hydrogen-bond acceptors (Lipinski definition) is 6. The molecule has 0 spiro atoms. The molecule has 1 aromatic carbocycles. The molecule has 0 fully saturated rings. The molecular weight excluding hydrogens is 257 g/mol. The number of thioether (sulfide) groups is 1. The first kappa shape index (κ1) is 12.8. The van der Waals surface area contributed by atoms with E-state index in [4.69, 9.17) is 14.9 Å². The maximum Gasteiger partial charge on any atom is 0.276 e. The smallest absolute Gasteiger partial charge is 0.276 e. The number of nitrogens with zero attached hydrogens (tertiary/aromatic N) is 2. The van der Waals surface area contributed by atoms with Crippen molar-refractivity contribution < 1.29 is 13.5 Å². The Morgan fingerprint density at radius 3 is 2.78 bits per heavy atom. The van der Waals surface area contributed by atoms with Crippen molar-refractivity contribution in [1.82, 2.24) is 10.2 Å². The van der Waals surface area contributed by atoms with Gasteiger partial charge in [-0.05, 0) is 24.3 Å². The van der Waals surface area contributed by atoms with Crippen LogP contribution in [0.4, 0.5) is 4.39 Å². The van der Waals surface area contributed by atoms with E-state index in [0.29, 0.717) is 23.4 Å². The monoisotopic (exact) mass is 269 g/mol. The minimum atomic E-state index is -0.305. The fourth-order valence-electron chi connectivity index (χ4n) is 1.18. The van der Waals surface area contributed by atoms with Crippen molar-refractivity contribution in [2.75, 3.05) is 12.3 Å². The van der Waals surface area contributed by atoms with Crippen LogP contribution in [0.2, 0.25) is 0 Å². The molecule has 0 atom stereocenters. The highest BCUT2D eigenvalue weighted by Gasteiger charge is 2.06. The Morgan fingerprint density at radius 1 is 1.28 bits per heavy atom. The van der Waals surface area contributed by atoms with E-state index in [1.807, 2.05) is 0 Å². The van der Waals surface area contributed by atoms with Crippen LogP contribution in [0.15, 0.2) is 33.9 Å². The Balaban J connectivity index is 1.86. The molecule has 0 saturated heterocycles. The van der Waals surface area contributed by atoms with Crippen LogP contribution in [0, 0.1) is 5.82 Å². The van der Waals surface area contributed by atoms with E-state index in [1.54, 1.807) is 0 Å². The van der Waals surface area contributed by atoms with Gasteiger partial charge >= 0.3 is 0 Å². The lowest BCUT2D eigenvalue weighted by molar-refractivity contribution is 0.252. The molecule has 1 aromatic heterocycles. The van der Waals surface area contributed by atoms with E-state index in [9.17, 15) is 4.39 Å². The lowest BCUT2D eigenvalue weighted by Crippen LogP contribution is -2.00. The molecule has 0 aliphatic rings. The molecule has 2 rings (SSSR count). The fourth-order valence-corrected chi connectivity index (χ4v) is 1.72. The molecule has 0 unspecified atom stereocenters. The van der Waals surface area contributed by atoms with Crippen molar-refractivity contribution in [3.05, 3.63) is 36.0 Å².